The van der Waals surface area contributed by atoms with Crippen LogP contribution in [0.15, 0.2) is 12.1 Å². The van der Waals surface area contributed by atoms with Crippen molar-refractivity contribution in [3.05, 3.63) is 29.1 Å². The predicted octanol–water partition coefficient (Wildman–Crippen LogP) is 1.38. The number of benzene rings is 1. The van der Waals surface area contributed by atoms with Gasteiger partial charge >= 0.3 is 0 Å². The fourth-order valence-corrected chi connectivity index (χ4v) is 2.39. The molecule has 1 unspecified atom stereocenters. The first-order valence-electron chi connectivity index (χ1n) is 6.48. The number of hydrogen-bond acceptors (Lipinski definition) is 4. The molecule has 2 N–H and O–H groups in total. The van der Waals surface area contributed by atoms with E-state index in [1.165, 1.54) is 6.07 Å². The molecule has 1 fully saturated rings. The van der Waals surface area contributed by atoms with Gasteiger partial charge in [-0.05, 0) is 31.5 Å². The fourth-order valence-electron chi connectivity index (χ4n) is 2.39. The molecule has 106 valence electrons. The molecular weight excluding hydrogens is 249 g/mol. The summed E-state index contributed by atoms with van der Waals surface area (Å²) in [5, 5.41) is 19.2. The lowest BCUT2D eigenvalue weighted by atomic mass is 10.0. The summed E-state index contributed by atoms with van der Waals surface area (Å²) in [7, 11) is 0. The maximum absolute atomic E-state index is 13.7. The summed E-state index contributed by atoms with van der Waals surface area (Å²) in [6, 6.07) is 2.95. The summed E-state index contributed by atoms with van der Waals surface area (Å²) in [6.45, 7) is 4.89. The fraction of sp³-hybridized carbons (Fsp3) is 0.571. The minimum Gasteiger partial charge on any atom is -0.394 e. The molecule has 0 aromatic heterocycles. The lowest BCUT2D eigenvalue weighted by Crippen LogP contribution is -2.48. The highest BCUT2D eigenvalue weighted by Crippen LogP contribution is 2.31. The number of ether oxygens (including phenoxy) is 1. The highest BCUT2D eigenvalue weighted by molar-refractivity contribution is 5.57. The van der Waals surface area contributed by atoms with E-state index in [1.807, 2.05) is 4.90 Å². The number of aliphatic hydroxyl groups excluding tert-OH is 2. The van der Waals surface area contributed by atoms with E-state index in [-0.39, 0.29) is 18.5 Å². The number of morpholine rings is 1. The van der Waals surface area contributed by atoms with Crippen LogP contribution in [0.5, 0.6) is 0 Å². The first kappa shape index (κ1) is 14.2. The van der Waals surface area contributed by atoms with E-state index in [1.54, 1.807) is 19.9 Å². The van der Waals surface area contributed by atoms with Crippen molar-refractivity contribution in [1.82, 2.24) is 0 Å². The molecule has 0 amide bonds. The van der Waals surface area contributed by atoms with E-state index in [2.05, 4.69) is 0 Å². The van der Waals surface area contributed by atoms with Gasteiger partial charge in [0.2, 0.25) is 0 Å². The Morgan fingerprint density at radius 2 is 2.26 bits per heavy atom. The van der Waals surface area contributed by atoms with Crippen LogP contribution in [0.3, 0.4) is 0 Å². The molecule has 2 rings (SSSR count). The van der Waals surface area contributed by atoms with Crippen molar-refractivity contribution < 1.29 is 19.3 Å². The average molecular weight is 269 g/mol. The lowest BCUT2D eigenvalue weighted by molar-refractivity contribution is 0.0722. The molecule has 19 heavy (non-hydrogen) atoms. The Labute approximate surface area is 112 Å². The highest BCUT2D eigenvalue weighted by atomic mass is 19.1. The molecule has 1 aliphatic heterocycles. The third-order valence-corrected chi connectivity index (χ3v) is 3.51. The van der Waals surface area contributed by atoms with Crippen LogP contribution in [0.1, 0.15) is 24.2 Å². The summed E-state index contributed by atoms with van der Waals surface area (Å²) < 4.78 is 19.0. The van der Waals surface area contributed by atoms with Gasteiger partial charge in [-0.2, -0.15) is 0 Å². The van der Waals surface area contributed by atoms with Crippen molar-refractivity contribution in [1.29, 1.82) is 0 Å². The largest absolute Gasteiger partial charge is 0.394 e. The molecule has 0 aliphatic carbocycles. The summed E-state index contributed by atoms with van der Waals surface area (Å²) >= 11 is 0. The Kier molecular flexibility index (Phi) is 4.39. The summed E-state index contributed by atoms with van der Waals surface area (Å²) in [5.74, 6) is -0.326. The standard InChI is InChI=1S/C14H20FNO3/c1-9-5-14(12(10(2)18)6-13(9)15)16-3-4-19-8-11(16)7-17/h5-6,10-11,17-18H,3-4,7-8H2,1-2H3/t10-,11?/m0/s1. The van der Waals surface area contributed by atoms with Crippen molar-refractivity contribution in [2.45, 2.75) is 26.0 Å². The number of hydrogen-bond donors (Lipinski definition) is 2. The van der Waals surface area contributed by atoms with E-state index in [0.717, 1.165) is 5.69 Å². The second-order valence-electron chi connectivity index (χ2n) is 4.94. The Balaban J connectivity index is 2.44. The highest BCUT2D eigenvalue weighted by Gasteiger charge is 2.26. The molecule has 0 saturated carbocycles. The van der Waals surface area contributed by atoms with Crippen LogP contribution in [0, 0.1) is 12.7 Å². The predicted molar refractivity (Wildman–Crippen MR) is 70.8 cm³/mol. The maximum atomic E-state index is 13.7. The van der Waals surface area contributed by atoms with Crippen LogP contribution in [0.2, 0.25) is 0 Å². The molecule has 0 spiro atoms. The van der Waals surface area contributed by atoms with E-state index in [4.69, 9.17) is 4.74 Å². The van der Waals surface area contributed by atoms with Gasteiger partial charge in [0.05, 0.1) is 32.0 Å². The van der Waals surface area contributed by atoms with Gasteiger partial charge in [0.15, 0.2) is 0 Å². The summed E-state index contributed by atoms with van der Waals surface area (Å²) in [5.41, 5.74) is 1.85. The number of aliphatic hydroxyl groups is 2. The van der Waals surface area contributed by atoms with Crippen molar-refractivity contribution in [2.24, 2.45) is 0 Å². The van der Waals surface area contributed by atoms with Crippen LogP contribution < -0.4 is 4.90 Å². The Bertz CT molecular complexity index is 451. The van der Waals surface area contributed by atoms with E-state index < -0.39 is 6.10 Å². The van der Waals surface area contributed by atoms with Gasteiger partial charge in [-0.25, -0.2) is 4.39 Å². The summed E-state index contributed by atoms with van der Waals surface area (Å²) in [6.07, 6.45) is -0.757. The van der Waals surface area contributed by atoms with Crippen LogP contribution in [0.4, 0.5) is 10.1 Å². The molecule has 1 saturated heterocycles. The zero-order valence-corrected chi connectivity index (χ0v) is 11.3. The van der Waals surface area contributed by atoms with E-state index in [0.29, 0.717) is 30.9 Å². The second-order valence-corrected chi connectivity index (χ2v) is 4.94. The van der Waals surface area contributed by atoms with Gasteiger partial charge in [0.25, 0.3) is 0 Å². The zero-order chi connectivity index (χ0) is 14.0. The Hall–Kier alpha value is -1.17. The molecule has 1 aliphatic rings. The maximum Gasteiger partial charge on any atom is 0.126 e. The average Bonchev–Trinajstić information content (AvgIpc) is 2.41. The normalized spacial score (nSPS) is 21.5. The van der Waals surface area contributed by atoms with Crippen LogP contribution in [-0.2, 0) is 4.74 Å². The van der Waals surface area contributed by atoms with E-state index in [9.17, 15) is 14.6 Å². The molecule has 1 aromatic rings. The smallest absolute Gasteiger partial charge is 0.126 e. The number of halogens is 1. The number of anilines is 1. The molecular formula is C14H20FNO3. The van der Waals surface area contributed by atoms with Crippen LogP contribution in [0.25, 0.3) is 0 Å². The third-order valence-electron chi connectivity index (χ3n) is 3.51. The first-order chi connectivity index (χ1) is 9.04. The van der Waals surface area contributed by atoms with Crippen molar-refractivity contribution >= 4 is 5.69 Å². The lowest BCUT2D eigenvalue weighted by Gasteiger charge is -2.38. The van der Waals surface area contributed by atoms with Gasteiger partial charge < -0.3 is 19.8 Å². The monoisotopic (exact) mass is 269 g/mol. The molecule has 1 heterocycles. The molecule has 0 bridgehead atoms. The van der Waals surface area contributed by atoms with Gasteiger partial charge in [-0.1, -0.05) is 0 Å². The Morgan fingerprint density at radius 1 is 1.53 bits per heavy atom. The van der Waals surface area contributed by atoms with Gasteiger partial charge in [-0.3, -0.25) is 0 Å². The van der Waals surface area contributed by atoms with Crippen LogP contribution >= 0.6 is 0 Å². The number of aryl methyl sites for hydroxylation is 1. The molecule has 1 aromatic carbocycles. The Morgan fingerprint density at radius 3 is 2.89 bits per heavy atom. The van der Waals surface area contributed by atoms with Crippen LogP contribution in [-0.4, -0.2) is 42.6 Å². The third kappa shape index (κ3) is 2.88. The molecule has 5 heteroatoms. The van der Waals surface area contributed by atoms with Gasteiger partial charge in [-0.15, -0.1) is 0 Å². The van der Waals surface area contributed by atoms with Crippen molar-refractivity contribution in [3.8, 4) is 0 Å². The number of rotatable bonds is 3. The molecule has 0 radical (unpaired) electrons. The first-order valence-corrected chi connectivity index (χ1v) is 6.48. The minimum absolute atomic E-state index is 0.0321. The van der Waals surface area contributed by atoms with Crippen molar-refractivity contribution in [3.63, 3.8) is 0 Å². The molecule has 4 nitrogen and oxygen atoms in total. The topological polar surface area (TPSA) is 52.9 Å². The minimum atomic E-state index is -0.757. The van der Waals surface area contributed by atoms with Gasteiger partial charge in [0, 0.05) is 17.8 Å². The number of nitrogens with zero attached hydrogens (tertiary/aromatic N) is 1. The SMILES string of the molecule is Cc1cc(N2CCOCC2CO)c([C@H](C)O)cc1F. The van der Waals surface area contributed by atoms with Gasteiger partial charge in [0.1, 0.15) is 5.82 Å². The zero-order valence-electron chi connectivity index (χ0n) is 11.3. The summed E-state index contributed by atoms with van der Waals surface area (Å²) in [4.78, 5) is 1.98. The quantitative estimate of drug-likeness (QED) is 0.870. The van der Waals surface area contributed by atoms with Crippen molar-refractivity contribution in [2.75, 3.05) is 31.3 Å². The van der Waals surface area contributed by atoms with E-state index >= 15 is 0 Å². The molecule has 2 atom stereocenters. The second kappa shape index (κ2) is 5.86.